The maximum Gasteiger partial charge on any atom is -0.0182 e. The van der Waals surface area contributed by atoms with Crippen LogP contribution in [0.15, 0.2) is 168 Å². The number of benzene rings is 1. The van der Waals surface area contributed by atoms with Crippen molar-refractivity contribution in [1.82, 2.24) is 0 Å². The van der Waals surface area contributed by atoms with E-state index in [1.165, 1.54) is 22.3 Å². The molecule has 1 aliphatic carbocycles. The van der Waals surface area contributed by atoms with E-state index in [1.807, 2.05) is 82.3 Å². The average Bonchev–Trinajstić information content (AvgIpc) is 2.99. The van der Waals surface area contributed by atoms with Gasteiger partial charge in [0.2, 0.25) is 0 Å². The molecule has 210 valence electrons. The Hall–Kier alpha value is -3.64. The fraction of sp³-hybridized carbons (Fsp3) is 0.282. The highest BCUT2D eigenvalue weighted by Crippen LogP contribution is 2.21. The zero-order valence-electron chi connectivity index (χ0n) is 26.1. The Morgan fingerprint density at radius 2 is 1.41 bits per heavy atom. The molecule has 0 aromatic heterocycles. The first-order chi connectivity index (χ1) is 19.0. The van der Waals surface area contributed by atoms with Crippen molar-refractivity contribution in [2.45, 2.75) is 74.7 Å². The van der Waals surface area contributed by atoms with E-state index in [4.69, 9.17) is 0 Å². The van der Waals surface area contributed by atoms with Gasteiger partial charge in [0.1, 0.15) is 0 Å². The van der Waals surface area contributed by atoms with Gasteiger partial charge in [-0.2, -0.15) is 0 Å². The van der Waals surface area contributed by atoms with Crippen LogP contribution in [0.3, 0.4) is 0 Å². The molecule has 1 aromatic carbocycles. The molecular weight excluding hydrogens is 468 g/mol. The van der Waals surface area contributed by atoms with Crippen LogP contribution in [0.2, 0.25) is 0 Å². The average molecular weight is 523 g/mol. The van der Waals surface area contributed by atoms with Crippen LogP contribution < -0.4 is 0 Å². The lowest BCUT2D eigenvalue weighted by atomic mass is 9.98. The SMILES string of the molecule is C=C/C=C(\C=C(C)\C=C\C=C(/C=C\C)C1=CCCC=C1)C(/C=C)=C/C(C)=C\CC.CC.CC.c1ccccc1. The third-order valence-electron chi connectivity index (χ3n) is 5.12. The van der Waals surface area contributed by atoms with Gasteiger partial charge in [0.05, 0.1) is 0 Å². The Morgan fingerprint density at radius 1 is 0.795 bits per heavy atom. The van der Waals surface area contributed by atoms with Crippen molar-refractivity contribution in [2.75, 3.05) is 0 Å². The first kappa shape index (κ1) is 37.5. The number of hydrogen-bond donors (Lipinski definition) is 0. The standard InChI is InChI=1S/C29H36.C6H6.2C2H6/c1-7-15-24(5)22-26(10-4)29(17-9-3)23-25(6)18-14-21-27(16-8-2)28-19-12-11-13-20-28;1-2-4-6-5-3-1;2*1-2/h8-10,12,14-23H,3-4,7,11,13H2,1-2,5-6H3;1-6H;2*1-2H3/b16-8-,18-14+,24-15-,25-23+,26-22+,27-21+,29-17+;;;. The molecule has 0 saturated carbocycles. The van der Waals surface area contributed by atoms with Crippen LogP contribution in [0.25, 0.3) is 0 Å². The van der Waals surface area contributed by atoms with Crippen molar-refractivity contribution in [1.29, 1.82) is 0 Å². The smallest absolute Gasteiger partial charge is 0.0182 e. The third-order valence-corrected chi connectivity index (χ3v) is 5.12. The van der Waals surface area contributed by atoms with Crippen molar-refractivity contribution in [3.8, 4) is 0 Å². The summed E-state index contributed by atoms with van der Waals surface area (Å²) in [6.07, 6.45) is 33.0. The summed E-state index contributed by atoms with van der Waals surface area (Å²) in [4.78, 5) is 0. The van der Waals surface area contributed by atoms with Gasteiger partial charge in [-0.05, 0) is 62.3 Å². The zero-order chi connectivity index (χ0) is 29.7. The van der Waals surface area contributed by atoms with Crippen molar-refractivity contribution < 1.29 is 0 Å². The van der Waals surface area contributed by atoms with Crippen LogP contribution >= 0.6 is 0 Å². The quantitative estimate of drug-likeness (QED) is 0.268. The van der Waals surface area contributed by atoms with Gasteiger partial charge in [-0.3, -0.25) is 0 Å². The molecule has 1 aliphatic rings. The van der Waals surface area contributed by atoms with Gasteiger partial charge >= 0.3 is 0 Å². The first-order valence-electron chi connectivity index (χ1n) is 14.5. The van der Waals surface area contributed by atoms with Crippen LogP contribution in [0.4, 0.5) is 0 Å². The highest BCUT2D eigenvalue weighted by molar-refractivity contribution is 5.53. The monoisotopic (exact) mass is 522 g/mol. The third kappa shape index (κ3) is 19.1. The van der Waals surface area contributed by atoms with E-state index in [2.05, 4.69) is 108 Å². The molecule has 0 heterocycles. The molecule has 0 aliphatic heterocycles. The molecule has 2 rings (SSSR count). The molecule has 0 fully saturated rings. The maximum absolute atomic E-state index is 3.99. The minimum Gasteiger partial charge on any atom is -0.0990 e. The summed E-state index contributed by atoms with van der Waals surface area (Å²) in [5, 5.41) is 0. The highest BCUT2D eigenvalue weighted by atomic mass is 14.1. The van der Waals surface area contributed by atoms with Gasteiger partial charge in [0.25, 0.3) is 0 Å². The van der Waals surface area contributed by atoms with E-state index in [-0.39, 0.29) is 0 Å². The van der Waals surface area contributed by atoms with E-state index in [9.17, 15) is 0 Å². The number of rotatable bonds is 10. The summed E-state index contributed by atoms with van der Waals surface area (Å²) in [6.45, 7) is 24.3. The lowest BCUT2D eigenvalue weighted by Gasteiger charge is -2.07. The molecule has 0 amide bonds. The van der Waals surface area contributed by atoms with E-state index >= 15 is 0 Å². The van der Waals surface area contributed by atoms with E-state index in [0.717, 1.165) is 30.4 Å². The molecule has 0 N–H and O–H groups in total. The second kappa shape index (κ2) is 27.4. The fourth-order valence-electron chi connectivity index (χ4n) is 3.48. The van der Waals surface area contributed by atoms with Gasteiger partial charge in [-0.25, -0.2) is 0 Å². The summed E-state index contributed by atoms with van der Waals surface area (Å²) >= 11 is 0. The van der Waals surface area contributed by atoms with Crippen LogP contribution in [-0.4, -0.2) is 0 Å². The lowest BCUT2D eigenvalue weighted by Crippen LogP contribution is -1.88. The van der Waals surface area contributed by atoms with Gasteiger partial charge < -0.3 is 0 Å². The molecule has 0 unspecified atom stereocenters. The molecular formula is C39H54. The molecule has 0 spiro atoms. The summed E-state index contributed by atoms with van der Waals surface area (Å²) in [7, 11) is 0. The van der Waals surface area contributed by atoms with Crippen molar-refractivity contribution in [2.24, 2.45) is 0 Å². The molecule has 0 nitrogen and oxygen atoms in total. The Kier molecular flexibility index (Phi) is 26.4. The Bertz CT molecular complexity index is 1030. The van der Waals surface area contributed by atoms with Gasteiger partial charge in [0.15, 0.2) is 0 Å². The van der Waals surface area contributed by atoms with Crippen molar-refractivity contribution in [3.63, 3.8) is 0 Å². The minimum absolute atomic E-state index is 1.03. The molecule has 39 heavy (non-hydrogen) atoms. The molecule has 0 bridgehead atoms. The Balaban J connectivity index is 0. The van der Waals surface area contributed by atoms with Gasteiger partial charge in [-0.15, -0.1) is 0 Å². The van der Waals surface area contributed by atoms with Crippen LogP contribution in [0.1, 0.15) is 74.7 Å². The van der Waals surface area contributed by atoms with Crippen LogP contribution in [-0.2, 0) is 0 Å². The van der Waals surface area contributed by atoms with E-state index < -0.39 is 0 Å². The molecule has 0 atom stereocenters. The number of hydrogen-bond acceptors (Lipinski definition) is 0. The minimum atomic E-state index is 1.03. The summed E-state index contributed by atoms with van der Waals surface area (Å²) in [5.41, 5.74) is 7.15. The van der Waals surface area contributed by atoms with Crippen LogP contribution in [0.5, 0.6) is 0 Å². The highest BCUT2D eigenvalue weighted by Gasteiger charge is 2.01. The summed E-state index contributed by atoms with van der Waals surface area (Å²) in [5.74, 6) is 0. The zero-order valence-corrected chi connectivity index (χ0v) is 26.1. The summed E-state index contributed by atoms with van der Waals surface area (Å²) in [6, 6.07) is 12.0. The number of allylic oxidation sites excluding steroid dienone is 20. The van der Waals surface area contributed by atoms with Crippen LogP contribution in [0, 0.1) is 0 Å². The molecule has 0 heteroatoms. The molecule has 1 aromatic rings. The Labute approximate surface area is 242 Å². The van der Waals surface area contributed by atoms with E-state index in [1.54, 1.807) is 0 Å². The van der Waals surface area contributed by atoms with Crippen molar-refractivity contribution >= 4 is 0 Å². The molecule has 0 saturated heterocycles. The fourth-order valence-corrected chi connectivity index (χ4v) is 3.48. The van der Waals surface area contributed by atoms with Crippen molar-refractivity contribution in [3.05, 3.63) is 168 Å². The van der Waals surface area contributed by atoms with Gasteiger partial charge in [-0.1, -0.05) is 180 Å². The largest absolute Gasteiger partial charge is 0.0990 e. The first-order valence-corrected chi connectivity index (χ1v) is 14.5. The molecule has 0 radical (unpaired) electrons. The predicted molar refractivity (Wildman–Crippen MR) is 182 cm³/mol. The second-order valence-corrected chi connectivity index (χ2v) is 8.18. The maximum atomic E-state index is 3.99. The summed E-state index contributed by atoms with van der Waals surface area (Å²) < 4.78 is 0. The topological polar surface area (TPSA) is 0 Å². The second-order valence-electron chi connectivity index (χ2n) is 8.18. The Morgan fingerprint density at radius 3 is 1.87 bits per heavy atom. The normalized spacial score (nSPS) is 14.4. The predicted octanol–water partition coefficient (Wildman–Crippen LogP) is 12.6. The van der Waals surface area contributed by atoms with E-state index in [0.29, 0.717) is 0 Å². The lowest BCUT2D eigenvalue weighted by molar-refractivity contribution is 1.02. The van der Waals surface area contributed by atoms with Gasteiger partial charge in [0, 0.05) is 0 Å².